The zero-order valence-electron chi connectivity index (χ0n) is 16.0. The van der Waals surface area contributed by atoms with Gasteiger partial charge < -0.3 is 14.8 Å². The van der Waals surface area contributed by atoms with E-state index in [1.54, 1.807) is 19.2 Å². The lowest BCUT2D eigenvalue weighted by Gasteiger charge is -2.16. The van der Waals surface area contributed by atoms with Crippen LogP contribution in [0.25, 0.3) is 0 Å². The van der Waals surface area contributed by atoms with E-state index in [-0.39, 0.29) is 12.4 Å². The molecule has 0 saturated heterocycles. The minimum absolute atomic E-state index is 0.276. The highest BCUT2D eigenvalue weighted by atomic mass is 35.5. The first-order valence-corrected chi connectivity index (χ1v) is 9.54. The first-order chi connectivity index (χ1) is 13.6. The number of halogens is 2. The molecule has 0 fully saturated rings. The van der Waals surface area contributed by atoms with Crippen molar-refractivity contribution in [2.24, 2.45) is 0 Å². The quantitative estimate of drug-likeness (QED) is 0.486. The Balaban J connectivity index is 1.72. The Kier molecular flexibility index (Phi) is 6.77. The van der Waals surface area contributed by atoms with Crippen LogP contribution >= 0.6 is 11.6 Å². The molecule has 28 heavy (non-hydrogen) atoms. The third-order valence-corrected chi connectivity index (χ3v) is 4.75. The number of methoxy groups -OCH3 is 1. The lowest BCUT2D eigenvalue weighted by atomic mass is 10.1. The highest BCUT2D eigenvalue weighted by Crippen LogP contribution is 2.37. The van der Waals surface area contributed by atoms with Crippen molar-refractivity contribution in [2.45, 2.75) is 26.5 Å². The Morgan fingerprint density at radius 3 is 2.46 bits per heavy atom. The molecule has 0 aliphatic heterocycles. The lowest BCUT2D eigenvalue weighted by molar-refractivity contribution is 0.284. The minimum atomic E-state index is -0.277. The maximum Gasteiger partial charge on any atom is 0.180 e. The van der Waals surface area contributed by atoms with Crippen molar-refractivity contribution in [1.29, 1.82) is 0 Å². The molecule has 3 aromatic carbocycles. The standard InChI is InChI=1S/C23H23ClFNO2/c1-3-18-6-4-5-7-21(18)26-14-17-12-20(24)23(22(13-17)27-2)28-15-16-8-10-19(25)11-9-16/h4-13,26H,3,14-15H2,1-2H3. The van der Waals surface area contributed by atoms with Crippen molar-refractivity contribution in [3.63, 3.8) is 0 Å². The summed E-state index contributed by atoms with van der Waals surface area (Å²) in [6, 6.07) is 18.2. The molecule has 0 heterocycles. The predicted molar refractivity (Wildman–Crippen MR) is 112 cm³/mol. The fraction of sp³-hybridized carbons (Fsp3) is 0.217. The highest BCUT2D eigenvalue weighted by Gasteiger charge is 2.13. The van der Waals surface area contributed by atoms with Crippen LogP contribution in [0.4, 0.5) is 10.1 Å². The molecule has 0 saturated carbocycles. The monoisotopic (exact) mass is 399 g/mol. The van der Waals surface area contributed by atoms with Crippen molar-refractivity contribution in [1.82, 2.24) is 0 Å². The smallest absolute Gasteiger partial charge is 0.180 e. The van der Waals surface area contributed by atoms with Crippen LogP contribution < -0.4 is 14.8 Å². The molecule has 146 valence electrons. The van der Waals surface area contributed by atoms with Gasteiger partial charge >= 0.3 is 0 Å². The third kappa shape index (κ3) is 4.96. The van der Waals surface area contributed by atoms with E-state index in [0.29, 0.717) is 23.1 Å². The molecule has 3 rings (SSSR count). The molecule has 3 nitrogen and oxygen atoms in total. The van der Waals surface area contributed by atoms with Crippen LogP contribution in [0, 0.1) is 5.82 Å². The van der Waals surface area contributed by atoms with Gasteiger partial charge in [0.15, 0.2) is 11.5 Å². The maximum absolute atomic E-state index is 13.0. The molecule has 0 amide bonds. The van der Waals surface area contributed by atoms with Crippen LogP contribution in [-0.4, -0.2) is 7.11 Å². The molecule has 0 radical (unpaired) electrons. The van der Waals surface area contributed by atoms with Crippen molar-refractivity contribution >= 4 is 17.3 Å². The first kappa shape index (κ1) is 20.0. The second-order valence-electron chi connectivity index (χ2n) is 6.39. The van der Waals surface area contributed by atoms with Gasteiger partial charge in [0.25, 0.3) is 0 Å². The van der Waals surface area contributed by atoms with E-state index in [0.717, 1.165) is 23.2 Å². The Morgan fingerprint density at radius 1 is 1.00 bits per heavy atom. The highest BCUT2D eigenvalue weighted by molar-refractivity contribution is 6.32. The van der Waals surface area contributed by atoms with Crippen LogP contribution in [0.15, 0.2) is 60.7 Å². The number of ether oxygens (including phenoxy) is 2. The fourth-order valence-corrected chi connectivity index (χ4v) is 3.24. The normalized spacial score (nSPS) is 10.6. The number of rotatable bonds is 8. The predicted octanol–water partition coefficient (Wildman–Crippen LogP) is 6.24. The Bertz CT molecular complexity index is 928. The van der Waals surface area contributed by atoms with Gasteiger partial charge in [-0.2, -0.15) is 0 Å². The molecule has 0 aliphatic rings. The van der Waals surface area contributed by atoms with E-state index >= 15 is 0 Å². The zero-order chi connectivity index (χ0) is 19.9. The van der Waals surface area contributed by atoms with E-state index < -0.39 is 0 Å². The first-order valence-electron chi connectivity index (χ1n) is 9.16. The van der Waals surface area contributed by atoms with Crippen molar-refractivity contribution < 1.29 is 13.9 Å². The topological polar surface area (TPSA) is 30.5 Å². The number of benzene rings is 3. The van der Waals surface area contributed by atoms with Crippen LogP contribution in [-0.2, 0) is 19.6 Å². The zero-order valence-corrected chi connectivity index (χ0v) is 16.7. The van der Waals surface area contributed by atoms with Gasteiger partial charge in [-0.1, -0.05) is 48.9 Å². The summed E-state index contributed by atoms with van der Waals surface area (Å²) in [5.74, 6) is 0.766. The summed E-state index contributed by atoms with van der Waals surface area (Å²) in [5.41, 5.74) is 4.21. The summed E-state index contributed by atoms with van der Waals surface area (Å²) in [4.78, 5) is 0. The Morgan fingerprint density at radius 2 is 1.75 bits per heavy atom. The van der Waals surface area contributed by atoms with E-state index in [1.807, 2.05) is 24.3 Å². The van der Waals surface area contributed by atoms with E-state index in [4.69, 9.17) is 21.1 Å². The summed E-state index contributed by atoms with van der Waals surface area (Å²) >= 11 is 6.45. The number of nitrogens with one attached hydrogen (secondary N) is 1. The van der Waals surface area contributed by atoms with Crippen LogP contribution in [0.3, 0.4) is 0 Å². The second-order valence-corrected chi connectivity index (χ2v) is 6.80. The molecule has 3 aromatic rings. The molecule has 1 N–H and O–H groups in total. The number of aryl methyl sites for hydroxylation is 1. The second kappa shape index (κ2) is 9.47. The average molecular weight is 400 g/mol. The summed E-state index contributed by atoms with van der Waals surface area (Å²) < 4.78 is 24.3. The molecular weight excluding hydrogens is 377 g/mol. The van der Waals surface area contributed by atoms with E-state index in [1.165, 1.54) is 17.7 Å². The van der Waals surface area contributed by atoms with Crippen molar-refractivity contribution in [3.05, 3.63) is 88.2 Å². The van der Waals surface area contributed by atoms with Gasteiger partial charge in [-0.05, 0) is 53.4 Å². The van der Waals surface area contributed by atoms with Crippen molar-refractivity contribution in [3.8, 4) is 11.5 Å². The van der Waals surface area contributed by atoms with Crippen LogP contribution in [0.5, 0.6) is 11.5 Å². The maximum atomic E-state index is 13.0. The molecule has 5 heteroatoms. The summed E-state index contributed by atoms with van der Waals surface area (Å²) in [6.45, 7) is 3.02. The third-order valence-electron chi connectivity index (χ3n) is 4.47. The number of anilines is 1. The molecule has 0 aliphatic carbocycles. The molecule has 0 spiro atoms. The minimum Gasteiger partial charge on any atom is -0.493 e. The van der Waals surface area contributed by atoms with Gasteiger partial charge in [-0.3, -0.25) is 0 Å². The van der Waals surface area contributed by atoms with E-state index in [2.05, 4.69) is 24.4 Å². The average Bonchev–Trinajstić information content (AvgIpc) is 2.72. The lowest BCUT2D eigenvalue weighted by Crippen LogP contribution is -2.04. The van der Waals surface area contributed by atoms with Gasteiger partial charge in [0, 0.05) is 12.2 Å². The van der Waals surface area contributed by atoms with E-state index in [9.17, 15) is 4.39 Å². The molecule has 0 atom stereocenters. The van der Waals surface area contributed by atoms with Crippen LogP contribution in [0.2, 0.25) is 5.02 Å². The Labute approximate surface area is 170 Å². The van der Waals surface area contributed by atoms with Crippen molar-refractivity contribution in [2.75, 3.05) is 12.4 Å². The summed E-state index contributed by atoms with van der Waals surface area (Å²) in [6.07, 6.45) is 0.962. The SMILES string of the molecule is CCc1ccccc1NCc1cc(Cl)c(OCc2ccc(F)cc2)c(OC)c1. The number of hydrogen-bond acceptors (Lipinski definition) is 3. The van der Waals surface area contributed by atoms with Gasteiger partial charge in [0.2, 0.25) is 0 Å². The van der Waals surface area contributed by atoms with Gasteiger partial charge in [0.05, 0.1) is 12.1 Å². The van der Waals surface area contributed by atoms with Crippen LogP contribution in [0.1, 0.15) is 23.6 Å². The van der Waals surface area contributed by atoms with Gasteiger partial charge in [-0.25, -0.2) is 4.39 Å². The summed E-state index contributed by atoms with van der Waals surface area (Å²) in [5, 5.41) is 3.93. The number of hydrogen-bond donors (Lipinski definition) is 1. The largest absolute Gasteiger partial charge is 0.493 e. The fourth-order valence-electron chi connectivity index (χ4n) is 2.95. The number of para-hydroxylation sites is 1. The molecular formula is C23H23ClFNO2. The molecule has 0 unspecified atom stereocenters. The summed E-state index contributed by atoms with van der Waals surface area (Å²) in [7, 11) is 1.58. The molecule has 0 bridgehead atoms. The Hall–Kier alpha value is -2.72. The van der Waals surface area contributed by atoms with Gasteiger partial charge in [-0.15, -0.1) is 0 Å². The molecule has 0 aromatic heterocycles. The van der Waals surface area contributed by atoms with Gasteiger partial charge in [0.1, 0.15) is 12.4 Å².